The van der Waals surface area contributed by atoms with Gasteiger partial charge in [0, 0.05) is 22.8 Å². The molecule has 0 saturated carbocycles. The van der Waals surface area contributed by atoms with Crippen molar-refractivity contribution in [2.75, 3.05) is 0 Å². The number of benzene rings is 1. The molecule has 0 bridgehead atoms. The van der Waals surface area contributed by atoms with E-state index in [1.807, 2.05) is 6.92 Å². The van der Waals surface area contributed by atoms with E-state index in [0.717, 1.165) is 4.88 Å². The first-order valence-corrected chi connectivity index (χ1v) is 8.89. The van der Waals surface area contributed by atoms with E-state index in [9.17, 15) is 12.8 Å². The Hall–Kier alpha value is -1.77. The normalized spacial score (nSPS) is 13.6. The molecule has 0 unspecified atom stereocenters. The van der Waals surface area contributed by atoms with Crippen LogP contribution in [0, 0.1) is 12.7 Å². The Balaban J connectivity index is 1.98. The van der Waals surface area contributed by atoms with E-state index >= 15 is 0 Å². The minimum absolute atomic E-state index is 0.0671. The van der Waals surface area contributed by atoms with Crippen molar-refractivity contribution in [3.8, 4) is 0 Å². The van der Waals surface area contributed by atoms with Gasteiger partial charge in [0.15, 0.2) is 0 Å². The maximum atomic E-state index is 14.0. The lowest BCUT2D eigenvalue weighted by Crippen LogP contribution is -2.26. The van der Waals surface area contributed by atoms with Crippen LogP contribution in [0.5, 0.6) is 0 Å². The molecule has 1 aromatic carbocycles. The smallest absolute Gasteiger partial charge is 0.243 e. The van der Waals surface area contributed by atoms with E-state index < -0.39 is 21.9 Å². The molecule has 0 radical (unpaired) electrons. The van der Waals surface area contributed by atoms with E-state index in [2.05, 4.69) is 14.7 Å². The van der Waals surface area contributed by atoms with Crippen LogP contribution in [0.4, 0.5) is 4.39 Å². The zero-order chi connectivity index (χ0) is 15.9. The molecular formula is C14H14FN3O2S2. The summed E-state index contributed by atoms with van der Waals surface area (Å²) < 4.78 is 41.6. The first-order valence-electron chi connectivity index (χ1n) is 6.59. The number of aromatic nitrogens is 2. The van der Waals surface area contributed by atoms with Gasteiger partial charge in [-0.25, -0.2) is 22.5 Å². The minimum Gasteiger partial charge on any atom is -0.360 e. The molecule has 22 heavy (non-hydrogen) atoms. The molecule has 116 valence electrons. The highest BCUT2D eigenvalue weighted by atomic mass is 32.2. The van der Waals surface area contributed by atoms with Crippen molar-refractivity contribution < 1.29 is 12.8 Å². The fourth-order valence-corrected chi connectivity index (χ4v) is 4.49. The lowest BCUT2D eigenvalue weighted by molar-refractivity contribution is 0.566. The number of hydrogen-bond donors (Lipinski definition) is 2. The SMILES string of the molecule is Cc1cnc([C@H](C)NS(=O)(=O)c2c[nH]c3cccc(F)c23)s1. The molecular weight excluding hydrogens is 325 g/mol. The van der Waals surface area contributed by atoms with Gasteiger partial charge in [-0.1, -0.05) is 6.07 Å². The molecule has 2 aromatic heterocycles. The quantitative estimate of drug-likeness (QED) is 0.767. The number of thiazole rings is 1. The number of hydrogen-bond acceptors (Lipinski definition) is 4. The van der Waals surface area contributed by atoms with Crippen LogP contribution < -0.4 is 4.72 Å². The second-order valence-corrected chi connectivity index (χ2v) is 7.92. The molecule has 8 heteroatoms. The number of halogens is 1. The molecule has 0 amide bonds. The van der Waals surface area contributed by atoms with Crippen molar-refractivity contribution in [1.29, 1.82) is 0 Å². The highest BCUT2D eigenvalue weighted by Gasteiger charge is 2.24. The minimum atomic E-state index is -3.86. The van der Waals surface area contributed by atoms with Crippen molar-refractivity contribution in [2.45, 2.75) is 24.8 Å². The van der Waals surface area contributed by atoms with Crippen LogP contribution in [0.1, 0.15) is 22.9 Å². The van der Waals surface area contributed by atoms with Crippen molar-refractivity contribution in [1.82, 2.24) is 14.7 Å². The summed E-state index contributed by atoms with van der Waals surface area (Å²) in [6, 6.07) is 3.91. The Bertz CT molecular complexity index is 931. The van der Waals surface area contributed by atoms with Crippen molar-refractivity contribution in [3.05, 3.63) is 46.3 Å². The second kappa shape index (κ2) is 5.45. The van der Waals surface area contributed by atoms with E-state index in [-0.39, 0.29) is 10.3 Å². The Morgan fingerprint density at radius 2 is 2.18 bits per heavy atom. The summed E-state index contributed by atoms with van der Waals surface area (Å²) in [7, 11) is -3.86. The maximum Gasteiger partial charge on any atom is 0.243 e. The number of aromatic amines is 1. The average Bonchev–Trinajstić information content (AvgIpc) is 3.05. The van der Waals surface area contributed by atoms with Crippen molar-refractivity contribution in [2.24, 2.45) is 0 Å². The van der Waals surface area contributed by atoms with Gasteiger partial charge in [0.25, 0.3) is 0 Å². The number of aryl methyl sites for hydroxylation is 1. The zero-order valence-corrected chi connectivity index (χ0v) is 13.6. The van der Waals surface area contributed by atoms with E-state index in [4.69, 9.17) is 0 Å². The molecule has 0 spiro atoms. The maximum absolute atomic E-state index is 14.0. The largest absolute Gasteiger partial charge is 0.360 e. The fraction of sp³-hybridized carbons (Fsp3) is 0.214. The van der Waals surface area contributed by atoms with E-state index in [1.165, 1.54) is 29.7 Å². The Labute approximate surface area is 131 Å². The van der Waals surface area contributed by atoms with Crippen molar-refractivity contribution >= 4 is 32.3 Å². The molecule has 0 saturated heterocycles. The Kier molecular flexibility index (Phi) is 3.75. The van der Waals surface area contributed by atoms with Gasteiger partial charge in [0.1, 0.15) is 15.7 Å². The number of nitrogens with one attached hydrogen (secondary N) is 2. The highest BCUT2D eigenvalue weighted by molar-refractivity contribution is 7.89. The standard InChI is InChI=1S/C14H14FN3O2S2/c1-8-6-17-14(21-8)9(2)18-22(19,20)12-7-16-11-5-3-4-10(15)13(11)12/h3-7,9,16,18H,1-2H3/t9-/m0/s1. The van der Waals surface area contributed by atoms with Crippen LogP contribution in [0.3, 0.4) is 0 Å². The van der Waals surface area contributed by atoms with Gasteiger partial charge >= 0.3 is 0 Å². The Morgan fingerprint density at radius 3 is 2.86 bits per heavy atom. The summed E-state index contributed by atoms with van der Waals surface area (Å²) in [6.07, 6.45) is 2.99. The number of nitrogens with zero attached hydrogens (tertiary/aromatic N) is 1. The second-order valence-electron chi connectivity index (χ2n) is 4.97. The molecule has 0 aliphatic rings. The first-order chi connectivity index (χ1) is 10.4. The molecule has 0 fully saturated rings. The summed E-state index contributed by atoms with van der Waals surface area (Å²) in [6.45, 7) is 3.61. The summed E-state index contributed by atoms with van der Waals surface area (Å²) >= 11 is 1.42. The lowest BCUT2D eigenvalue weighted by Gasteiger charge is -2.11. The van der Waals surface area contributed by atoms with Crippen LogP contribution in [-0.2, 0) is 10.0 Å². The Morgan fingerprint density at radius 1 is 1.41 bits per heavy atom. The third kappa shape index (κ3) is 2.65. The molecule has 2 N–H and O–H groups in total. The van der Waals surface area contributed by atoms with Crippen LogP contribution in [-0.4, -0.2) is 18.4 Å². The third-order valence-electron chi connectivity index (χ3n) is 3.25. The predicted octanol–water partition coefficient (Wildman–Crippen LogP) is 3.11. The molecule has 0 aliphatic carbocycles. The number of sulfonamides is 1. The summed E-state index contributed by atoms with van der Waals surface area (Å²) in [5.41, 5.74) is 0.443. The molecule has 3 aromatic rings. The van der Waals surface area contributed by atoms with Gasteiger partial charge in [-0.15, -0.1) is 11.3 Å². The van der Waals surface area contributed by atoms with Crippen LogP contribution in [0.2, 0.25) is 0 Å². The third-order valence-corrected chi connectivity index (χ3v) is 5.91. The predicted molar refractivity (Wildman–Crippen MR) is 83.8 cm³/mol. The summed E-state index contributed by atoms with van der Waals surface area (Å²) in [4.78, 5) is 7.85. The van der Waals surface area contributed by atoms with Crippen LogP contribution in [0.15, 0.2) is 35.5 Å². The van der Waals surface area contributed by atoms with Gasteiger partial charge < -0.3 is 4.98 Å². The van der Waals surface area contributed by atoms with E-state index in [0.29, 0.717) is 10.5 Å². The van der Waals surface area contributed by atoms with Gasteiger partial charge in [-0.05, 0) is 26.0 Å². The monoisotopic (exact) mass is 339 g/mol. The lowest BCUT2D eigenvalue weighted by atomic mass is 10.2. The summed E-state index contributed by atoms with van der Waals surface area (Å²) in [5, 5.41) is 0.735. The molecule has 5 nitrogen and oxygen atoms in total. The number of H-pyrrole nitrogens is 1. The summed E-state index contributed by atoms with van der Waals surface area (Å²) in [5.74, 6) is -0.572. The first kappa shape index (κ1) is 15.1. The van der Waals surface area contributed by atoms with Gasteiger partial charge in [0.05, 0.1) is 11.4 Å². The average molecular weight is 339 g/mol. The topological polar surface area (TPSA) is 74.8 Å². The van der Waals surface area contributed by atoms with Gasteiger partial charge in [0.2, 0.25) is 10.0 Å². The van der Waals surface area contributed by atoms with Crippen molar-refractivity contribution in [3.63, 3.8) is 0 Å². The van der Waals surface area contributed by atoms with E-state index in [1.54, 1.807) is 19.2 Å². The van der Waals surface area contributed by atoms with Gasteiger partial charge in [-0.2, -0.15) is 0 Å². The molecule has 3 rings (SSSR count). The molecule has 1 atom stereocenters. The van der Waals surface area contributed by atoms with Crippen LogP contribution >= 0.6 is 11.3 Å². The van der Waals surface area contributed by atoms with Crippen LogP contribution in [0.25, 0.3) is 10.9 Å². The number of fused-ring (bicyclic) bond motifs is 1. The fourth-order valence-electron chi connectivity index (χ4n) is 2.24. The number of rotatable bonds is 4. The van der Waals surface area contributed by atoms with Gasteiger partial charge in [-0.3, -0.25) is 0 Å². The zero-order valence-electron chi connectivity index (χ0n) is 11.9. The molecule has 2 heterocycles. The molecule has 0 aliphatic heterocycles. The highest BCUT2D eigenvalue weighted by Crippen LogP contribution is 2.27.